The Morgan fingerprint density at radius 1 is 1.22 bits per heavy atom. The molecule has 0 bridgehead atoms. The lowest BCUT2D eigenvalue weighted by molar-refractivity contribution is 0.0107. The molecule has 1 fully saturated rings. The van der Waals surface area contributed by atoms with Crippen molar-refractivity contribution in [2.24, 2.45) is 0 Å². The van der Waals surface area contributed by atoms with Crippen molar-refractivity contribution in [3.8, 4) is 0 Å². The van der Waals surface area contributed by atoms with Gasteiger partial charge in [0.05, 0.1) is 13.2 Å². The number of rotatable bonds is 3. The smallest absolute Gasteiger partial charge is 0.0608 e. The monoisotopic (exact) mass is 246 g/mol. The maximum Gasteiger partial charge on any atom is 0.0608 e. The topological polar surface area (TPSA) is 24.5 Å². The quantitative estimate of drug-likeness (QED) is 0.882. The van der Waals surface area contributed by atoms with Crippen molar-refractivity contribution in [2.45, 2.75) is 25.2 Å². The number of hydrazine groups is 1. The SMILES string of the molecule is c1ccc2c(c1)CCCC2CNN1CCOCC1. The number of fused-ring (bicyclic) bond motifs is 1. The van der Waals surface area contributed by atoms with Gasteiger partial charge in [0, 0.05) is 19.6 Å². The van der Waals surface area contributed by atoms with E-state index < -0.39 is 0 Å². The summed E-state index contributed by atoms with van der Waals surface area (Å²) in [5.41, 5.74) is 6.70. The predicted octanol–water partition coefficient (Wildman–Crippen LogP) is 1.94. The lowest BCUT2D eigenvalue weighted by atomic mass is 9.83. The standard InChI is InChI=1S/C15H22N2O/c1-2-7-15-13(4-1)5-3-6-14(15)12-16-17-8-10-18-11-9-17/h1-2,4,7,14,16H,3,5-6,8-12H2. The van der Waals surface area contributed by atoms with E-state index in [4.69, 9.17) is 4.74 Å². The molecule has 0 aromatic heterocycles. The molecule has 1 aliphatic heterocycles. The second kappa shape index (κ2) is 5.83. The largest absolute Gasteiger partial charge is 0.379 e. The van der Waals surface area contributed by atoms with E-state index in [9.17, 15) is 0 Å². The molecule has 1 aromatic rings. The molecule has 1 aromatic carbocycles. The van der Waals surface area contributed by atoms with Gasteiger partial charge in [0.2, 0.25) is 0 Å². The molecule has 1 heterocycles. The summed E-state index contributed by atoms with van der Waals surface area (Å²) >= 11 is 0. The van der Waals surface area contributed by atoms with E-state index in [1.54, 1.807) is 11.1 Å². The zero-order chi connectivity index (χ0) is 12.2. The van der Waals surface area contributed by atoms with E-state index in [1.807, 2.05) is 0 Å². The van der Waals surface area contributed by atoms with Crippen LogP contribution in [0, 0.1) is 0 Å². The van der Waals surface area contributed by atoms with Crippen molar-refractivity contribution >= 4 is 0 Å². The first-order valence-corrected chi connectivity index (χ1v) is 7.07. The number of hydrogen-bond acceptors (Lipinski definition) is 3. The van der Waals surface area contributed by atoms with Crippen molar-refractivity contribution in [3.05, 3.63) is 35.4 Å². The Kier molecular flexibility index (Phi) is 3.93. The van der Waals surface area contributed by atoms with Gasteiger partial charge >= 0.3 is 0 Å². The maximum atomic E-state index is 5.37. The molecule has 0 amide bonds. The first kappa shape index (κ1) is 12.2. The lowest BCUT2D eigenvalue weighted by Crippen LogP contribution is -2.47. The number of morpholine rings is 1. The Hall–Kier alpha value is -0.900. The van der Waals surface area contributed by atoms with Crippen LogP contribution in [0.1, 0.15) is 29.9 Å². The van der Waals surface area contributed by atoms with Crippen LogP contribution in [0.25, 0.3) is 0 Å². The molecule has 2 aliphatic rings. The second-order valence-electron chi connectivity index (χ2n) is 5.25. The fourth-order valence-electron chi connectivity index (χ4n) is 3.03. The number of aryl methyl sites for hydroxylation is 1. The second-order valence-corrected chi connectivity index (χ2v) is 5.25. The van der Waals surface area contributed by atoms with Crippen LogP contribution in [0.3, 0.4) is 0 Å². The molecule has 1 saturated heterocycles. The van der Waals surface area contributed by atoms with Crippen molar-refractivity contribution in [1.29, 1.82) is 0 Å². The summed E-state index contributed by atoms with van der Waals surface area (Å²) in [5.74, 6) is 0.679. The zero-order valence-corrected chi connectivity index (χ0v) is 10.9. The summed E-state index contributed by atoms with van der Waals surface area (Å²) in [6.45, 7) is 4.79. The molecule has 3 nitrogen and oxygen atoms in total. The highest BCUT2D eigenvalue weighted by Gasteiger charge is 2.20. The molecule has 1 atom stereocenters. The molecule has 0 saturated carbocycles. The van der Waals surface area contributed by atoms with Gasteiger partial charge in [-0.05, 0) is 36.3 Å². The fraction of sp³-hybridized carbons (Fsp3) is 0.600. The van der Waals surface area contributed by atoms with Crippen LogP contribution in [-0.2, 0) is 11.2 Å². The highest BCUT2D eigenvalue weighted by Crippen LogP contribution is 2.30. The van der Waals surface area contributed by atoms with Gasteiger partial charge in [0.25, 0.3) is 0 Å². The Balaban J connectivity index is 1.60. The fourth-order valence-corrected chi connectivity index (χ4v) is 3.03. The van der Waals surface area contributed by atoms with Crippen molar-refractivity contribution in [2.75, 3.05) is 32.8 Å². The summed E-state index contributed by atoms with van der Waals surface area (Å²) in [6, 6.07) is 8.93. The molecule has 98 valence electrons. The zero-order valence-electron chi connectivity index (χ0n) is 10.9. The first-order valence-electron chi connectivity index (χ1n) is 7.07. The van der Waals surface area contributed by atoms with E-state index in [0.717, 1.165) is 32.8 Å². The summed E-state index contributed by atoms with van der Waals surface area (Å²) in [5, 5.41) is 2.31. The minimum absolute atomic E-state index is 0.679. The molecule has 1 unspecified atom stereocenters. The Bertz CT molecular complexity index is 388. The summed E-state index contributed by atoms with van der Waals surface area (Å²) in [6.07, 6.45) is 3.89. The summed E-state index contributed by atoms with van der Waals surface area (Å²) < 4.78 is 5.37. The van der Waals surface area contributed by atoms with Gasteiger partial charge in [-0.2, -0.15) is 0 Å². The third kappa shape index (κ3) is 2.74. The normalized spacial score (nSPS) is 24.8. The molecule has 18 heavy (non-hydrogen) atoms. The average Bonchev–Trinajstić information content (AvgIpc) is 2.46. The number of nitrogens with zero attached hydrogens (tertiary/aromatic N) is 1. The number of hydrogen-bond donors (Lipinski definition) is 1. The minimum atomic E-state index is 0.679. The average molecular weight is 246 g/mol. The lowest BCUT2D eigenvalue weighted by Gasteiger charge is -2.31. The van der Waals surface area contributed by atoms with Gasteiger partial charge in [-0.25, -0.2) is 5.01 Å². The van der Waals surface area contributed by atoms with Gasteiger partial charge in [0.1, 0.15) is 0 Å². The van der Waals surface area contributed by atoms with Crippen LogP contribution in [-0.4, -0.2) is 37.9 Å². The van der Waals surface area contributed by atoms with Crippen molar-refractivity contribution < 1.29 is 4.74 Å². The summed E-state index contributed by atoms with van der Waals surface area (Å²) in [4.78, 5) is 0. The van der Waals surface area contributed by atoms with Crippen LogP contribution in [0.4, 0.5) is 0 Å². The number of benzene rings is 1. The van der Waals surface area contributed by atoms with Crippen molar-refractivity contribution in [3.63, 3.8) is 0 Å². The molecule has 3 rings (SSSR count). The minimum Gasteiger partial charge on any atom is -0.379 e. The maximum absolute atomic E-state index is 5.37. The van der Waals surface area contributed by atoms with Gasteiger partial charge in [-0.15, -0.1) is 0 Å². The Morgan fingerprint density at radius 2 is 2.06 bits per heavy atom. The van der Waals surface area contributed by atoms with Gasteiger partial charge < -0.3 is 4.74 Å². The highest BCUT2D eigenvalue weighted by molar-refractivity contribution is 5.32. The molecule has 1 N–H and O–H groups in total. The van der Waals surface area contributed by atoms with E-state index in [-0.39, 0.29) is 0 Å². The van der Waals surface area contributed by atoms with Crippen LogP contribution in [0.2, 0.25) is 0 Å². The number of ether oxygens (including phenoxy) is 1. The van der Waals surface area contributed by atoms with Gasteiger partial charge in [-0.3, -0.25) is 5.43 Å². The van der Waals surface area contributed by atoms with Crippen LogP contribution in [0.15, 0.2) is 24.3 Å². The molecule has 0 radical (unpaired) electrons. The van der Waals surface area contributed by atoms with Gasteiger partial charge in [-0.1, -0.05) is 24.3 Å². The highest BCUT2D eigenvalue weighted by atomic mass is 16.5. The Labute approximate surface area is 109 Å². The van der Waals surface area contributed by atoms with Crippen LogP contribution >= 0.6 is 0 Å². The Morgan fingerprint density at radius 3 is 2.94 bits per heavy atom. The molecule has 1 aliphatic carbocycles. The van der Waals surface area contributed by atoms with E-state index in [1.165, 1.54) is 19.3 Å². The molecular weight excluding hydrogens is 224 g/mol. The number of nitrogens with one attached hydrogen (secondary N) is 1. The van der Waals surface area contributed by atoms with E-state index >= 15 is 0 Å². The van der Waals surface area contributed by atoms with Crippen LogP contribution < -0.4 is 5.43 Å². The molecular formula is C15H22N2O. The van der Waals surface area contributed by atoms with Gasteiger partial charge in [0.15, 0.2) is 0 Å². The van der Waals surface area contributed by atoms with Crippen molar-refractivity contribution in [1.82, 2.24) is 10.4 Å². The van der Waals surface area contributed by atoms with E-state index in [2.05, 4.69) is 34.7 Å². The predicted molar refractivity (Wildman–Crippen MR) is 72.5 cm³/mol. The summed E-state index contributed by atoms with van der Waals surface area (Å²) in [7, 11) is 0. The van der Waals surface area contributed by atoms with Crippen LogP contribution in [0.5, 0.6) is 0 Å². The third-order valence-electron chi connectivity index (χ3n) is 4.07. The molecule has 0 spiro atoms. The first-order chi connectivity index (χ1) is 8.93. The molecule has 3 heteroatoms. The third-order valence-corrected chi connectivity index (χ3v) is 4.07. The van der Waals surface area contributed by atoms with E-state index in [0.29, 0.717) is 5.92 Å².